The Bertz CT molecular complexity index is 1040. The summed E-state index contributed by atoms with van der Waals surface area (Å²) in [6.07, 6.45) is 0. The summed E-state index contributed by atoms with van der Waals surface area (Å²) in [7, 11) is 0. The number of benzene rings is 2. The Labute approximate surface area is 154 Å². The van der Waals surface area contributed by atoms with E-state index >= 15 is 0 Å². The van der Waals surface area contributed by atoms with E-state index in [1.54, 1.807) is 30.3 Å². The molecule has 0 spiro atoms. The van der Waals surface area contributed by atoms with Gasteiger partial charge in [-0.05, 0) is 48.5 Å². The van der Waals surface area contributed by atoms with Crippen LogP contribution >= 0.6 is 0 Å². The van der Waals surface area contributed by atoms with E-state index < -0.39 is 17.6 Å². The monoisotopic (exact) mass is 360 g/mol. The maximum Gasteiger partial charge on any atom is 0.274 e. The summed E-state index contributed by atoms with van der Waals surface area (Å²) in [4.78, 5) is 28.6. The maximum absolute atomic E-state index is 13.7. The number of amides is 2. The largest absolute Gasteiger partial charge is 0.321 e. The fourth-order valence-corrected chi connectivity index (χ4v) is 2.26. The molecule has 2 amide bonds. The van der Waals surface area contributed by atoms with Crippen LogP contribution in [0.15, 0.2) is 66.7 Å². The third-order valence-electron chi connectivity index (χ3n) is 3.61. The van der Waals surface area contributed by atoms with Crippen molar-refractivity contribution in [3.05, 3.63) is 89.5 Å². The van der Waals surface area contributed by atoms with E-state index in [1.807, 2.05) is 6.07 Å². The molecular weight excluding hydrogens is 347 g/mol. The van der Waals surface area contributed by atoms with Gasteiger partial charge < -0.3 is 10.6 Å². The number of rotatable bonds is 4. The molecule has 0 atom stereocenters. The van der Waals surface area contributed by atoms with E-state index in [4.69, 9.17) is 5.26 Å². The summed E-state index contributed by atoms with van der Waals surface area (Å²) in [5.74, 6) is -1.71. The lowest BCUT2D eigenvalue weighted by molar-refractivity contribution is 0.101. The number of nitrogens with one attached hydrogen (secondary N) is 2. The number of anilines is 2. The van der Waals surface area contributed by atoms with Crippen molar-refractivity contribution >= 4 is 23.2 Å². The van der Waals surface area contributed by atoms with Gasteiger partial charge in [0.25, 0.3) is 11.8 Å². The van der Waals surface area contributed by atoms with Gasteiger partial charge in [-0.25, -0.2) is 9.37 Å². The number of carbonyl (C=O) groups is 2. The first-order valence-corrected chi connectivity index (χ1v) is 7.91. The molecule has 132 valence electrons. The van der Waals surface area contributed by atoms with Gasteiger partial charge in [0.05, 0.1) is 17.3 Å². The lowest BCUT2D eigenvalue weighted by Crippen LogP contribution is -2.18. The van der Waals surface area contributed by atoms with Gasteiger partial charge in [-0.15, -0.1) is 0 Å². The van der Waals surface area contributed by atoms with Crippen LogP contribution in [-0.2, 0) is 0 Å². The molecule has 0 aliphatic rings. The van der Waals surface area contributed by atoms with Crippen LogP contribution in [0.5, 0.6) is 0 Å². The fraction of sp³-hybridized carbons (Fsp3) is 0. The second-order valence-corrected chi connectivity index (χ2v) is 5.49. The lowest BCUT2D eigenvalue weighted by Gasteiger charge is -2.08. The molecule has 6 nitrogen and oxygen atoms in total. The van der Waals surface area contributed by atoms with Crippen molar-refractivity contribution in [1.29, 1.82) is 5.26 Å². The van der Waals surface area contributed by atoms with Gasteiger partial charge in [-0.1, -0.05) is 18.2 Å². The van der Waals surface area contributed by atoms with Crippen molar-refractivity contribution in [3.63, 3.8) is 0 Å². The Morgan fingerprint density at radius 3 is 2.11 bits per heavy atom. The normalized spacial score (nSPS) is 9.93. The van der Waals surface area contributed by atoms with Crippen molar-refractivity contribution < 1.29 is 14.0 Å². The van der Waals surface area contributed by atoms with Crippen molar-refractivity contribution in [1.82, 2.24) is 4.98 Å². The molecule has 27 heavy (non-hydrogen) atoms. The zero-order chi connectivity index (χ0) is 19.2. The average Bonchev–Trinajstić information content (AvgIpc) is 2.70. The molecule has 0 bridgehead atoms. The third-order valence-corrected chi connectivity index (χ3v) is 3.61. The number of carbonyl (C=O) groups excluding carboxylic acids is 2. The quantitative estimate of drug-likeness (QED) is 0.743. The molecule has 3 rings (SSSR count). The van der Waals surface area contributed by atoms with Crippen LogP contribution in [0.25, 0.3) is 0 Å². The number of nitriles is 1. The van der Waals surface area contributed by atoms with Crippen molar-refractivity contribution in [2.24, 2.45) is 0 Å². The Morgan fingerprint density at radius 2 is 1.48 bits per heavy atom. The molecule has 0 saturated carbocycles. The van der Waals surface area contributed by atoms with Gasteiger partial charge in [-0.3, -0.25) is 9.59 Å². The first kappa shape index (κ1) is 17.8. The minimum absolute atomic E-state index is 0.0225. The summed E-state index contributed by atoms with van der Waals surface area (Å²) >= 11 is 0. The molecule has 2 aromatic carbocycles. The summed E-state index contributed by atoms with van der Waals surface area (Å²) in [6.45, 7) is 0. The van der Waals surface area contributed by atoms with Crippen LogP contribution in [0.1, 0.15) is 26.5 Å². The topological polar surface area (TPSA) is 94.9 Å². The smallest absolute Gasteiger partial charge is 0.274 e. The Hall–Kier alpha value is -4.05. The zero-order valence-electron chi connectivity index (χ0n) is 13.9. The van der Waals surface area contributed by atoms with Crippen LogP contribution in [0, 0.1) is 17.1 Å². The highest BCUT2D eigenvalue weighted by atomic mass is 19.1. The van der Waals surface area contributed by atoms with E-state index in [0.29, 0.717) is 11.3 Å². The SMILES string of the molecule is N#Cc1ccc(NC(=O)c2cccc(C(=O)Nc3ccccc3F)n2)cc1. The van der Waals surface area contributed by atoms with E-state index in [0.717, 1.165) is 0 Å². The molecule has 0 aliphatic heterocycles. The van der Waals surface area contributed by atoms with Crippen LogP contribution in [0.4, 0.5) is 15.8 Å². The number of halogens is 1. The first-order valence-electron chi connectivity index (χ1n) is 7.91. The second kappa shape index (κ2) is 7.89. The van der Waals surface area contributed by atoms with E-state index in [1.165, 1.54) is 36.4 Å². The van der Waals surface area contributed by atoms with Gasteiger partial charge in [0.1, 0.15) is 17.2 Å². The van der Waals surface area contributed by atoms with Crippen molar-refractivity contribution in [2.45, 2.75) is 0 Å². The second-order valence-electron chi connectivity index (χ2n) is 5.49. The molecule has 7 heteroatoms. The lowest BCUT2D eigenvalue weighted by atomic mass is 10.2. The average molecular weight is 360 g/mol. The summed E-state index contributed by atoms with van der Waals surface area (Å²) in [5, 5.41) is 13.8. The number of pyridine rings is 1. The molecule has 0 fully saturated rings. The summed E-state index contributed by atoms with van der Waals surface area (Å²) in [5.41, 5.74) is 0.989. The Morgan fingerprint density at radius 1 is 0.852 bits per heavy atom. The summed E-state index contributed by atoms with van der Waals surface area (Å²) in [6, 6.07) is 18.5. The molecule has 1 aromatic heterocycles. The minimum atomic E-state index is -0.631. The van der Waals surface area contributed by atoms with Crippen molar-refractivity contribution in [3.8, 4) is 6.07 Å². The van der Waals surface area contributed by atoms with Crippen LogP contribution < -0.4 is 10.6 Å². The number of para-hydroxylation sites is 1. The highest BCUT2D eigenvalue weighted by Gasteiger charge is 2.14. The number of hydrogen-bond donors (Lipinski definition) is 2. The molecule has 1 heterocycles. The van der Waals surface area contributed by atoms with Gasteiger partial charge in [0.15, 0.2) is 0 Å². The minimum Gasteiger partial charge on any atom is -0.321 e. The Balaban J connectivity index is 1.74. The third kappa shape index (κ3) is 4.32. The van der Waals surface area contributed by atoms with Crippen LogP contribution in [-0.4, -0.2) is 16.8 Å². The highest BCUT2D eigenvalue weighted by molar-refractivity contribution is 6.06. The standard InChI is InChI=1S/C20H13FN4O2/c21-15-4-1-2-5-16(15)25-20(27)18-7-3-6-17(24-18)19(26)23-14-10-8-13(12-22)9-11-14/h1-11H,(H,23,26)(H,25,27). The van der Waals surface area contributed by atoms with Gasteiger partial charge in [0, 0.05) is 5.69 Å². The predicted molar refractivity (Wildman–Crippen MR) is 97.7 cm³/mol. The van der Waals surface area contributed by atoms with Crippen LogP contribution in [0.2, 0.25) is 0 Å². The molecule has 0 saturated heterocycles. The van der Waals surface area contributed by atoms with Crippen LogP contribution in [0.3, 0.4) is 0 Å². The van der Waals surface area contributed by atoms with Gasteiger partial charge >= 0.3 is 0 Å². The van der Waals surface area contributed by atoms with Gasteiger partial charge in [0.2, 0.25) is 0 Å². The van der Waals surface area contributed by atoms with Crippen molar-refractivity contribution in [2.75, 3.05) is 10.6 Å². The molecule has 3 aromatic rings. The fourth-order valence-electron chi connectivity index (χ4n) is 2.26. The highest BCUT2D eigenvalue weighted by Crippen LogP contribution is 2.14. The van der Waals surface area contributed by atoms with E-state index in [2.05, 4.69) is 15.6 Å². The molecule has 0 aliphatic carbocycles. The predicted octanol–water partition coefficient (Wildman–Crippen LogP) is 3.60. The first-order chi connectivity index (χ1) is 13.1. The van der Waals surface area contributed by atoms with Gasteiger partial charge in [-0.2, -0.15) is 5.26 Å². The Kier molecular flexibility index (Phi) is 5.19. The molecule has 0 radical (unpaired) electrons. The van der Waals surface area contributed by atoms with E-state index in [9.17, 15) is 14.0 Å². The molecule has 0 unspecified atom stereocenters. The molecular formula is C20H13FN4O2. The number of aromatic nitrogens is 1. The number of hydrogen-bond acceptors (Lipinski definition) is 4. The molecule has 2 N–H and O–H groups in total. The maximum atomic E-state index is 13.7. The zero-order valence-corrected chi connectivity index (χ0v) is 13.9. The summed E-state index contributed by atoms with van der Waals surface area (Å²) < 4.78 is 13.7. The number of nitrogens with zero attached hydrogens (tertiary/aromatic N) is 2. The van der Waals surface area contributed by atoms with E-state index in [-0.39, 0.29) is 17.1 Å².